The van der Waals surface area contributed by atoms with Crippen molar-refractivity contribution in [2.45, 2.75) is 38.1 Å². The van der Waals surface area contributed by atoms with E-state index in [0.717, 1.165) is 11.8 Å². The maximum Gasteiger partial charge on any atom is 0.316 e. The van der Waals surface area contributed by atoms with Gasteiger partial charge < -0.3 is 20.1 Å². The molecule has 8 nitrogen and oxygen atoms in total. The SMILES string of the molecule is COc1cccc(OCc2nnc(SCC(=O)OC(C)(C)C)n2N)c1. The Labute approximate surface area is 150 Å². The monoisotopic (exact) mass is 366 g/mol. The van der Waals surface area contributed by atoms with E-state index in [1.165, 1.54) is 4.68 Å². The van der Waals surface area contributed by atoms with E-state index in [4.69, 9.17) is 20.1 Å². The lowest BCUT2D eigenvalue weighted by Crippen LogP contribution is -2.25. The van der Waals surface area contributed by atoms with Gasteiger partial charge in [0.05, 0.1) is 12.9 Å². The molecule has 2 N–H and O–H groups in total. The van der Waals surface area contributed by atoms with Gasteiger partial charge in [0.1, 0.15) is 23.7 Å². The van der Waals surface area contributed by atoms with E-state index in [1.54, 1.807) is 19.2 Å². The molecule has 1 aromatic heterocycles. The fraction of sp³-hybridized carbons (Fsp3) is 0.438. The summed E-state index contributed by atoms with van der Waals surface area (Å²) >= 11 is 1.16. The maximum atomic E-state index is 11.7. The van der Waals surface area contributed by atoms with Gasteiger partial charge in [-0.2, -0.15) is 0 Å². The summed E-state index contributed by atoms with van der Waals surface area (Å²) in [6.07, 6.45) is 0. The normalized spacial score (nSPS) is 11.2. The van der Waals surface area contributed by atoms with Crippen LogP contribution in [0.15, 0.2) is 29.4 Å². The van der Waals surface area contributed by atoms with E-state index in [9.17, 15) is 4.79 Å². The summed E-state index contributed by atoms with van der Waals surface area (Å²) in [4.78, 5) is 11.7. The van der Waals surface area contributed by atoms with Crippen LogP contribution < -0.4 is 15.3 Å². The lowest BCUT2D eigenvalue weighted by Gasteiger charge is -2.19. The molecule has 0 atom stereocenters. The number of nitrogens with zero attached hydrogens (tertiary/aromatic N) is 3. The zero-order valence-electron chi connectivity index (χ0n) is 14.7. The number of carbonyl (C=O) groups excluding carboxylic acids is 1. The number of esters is 1. The molecular formula is C16H22N4O4S. The van der Waals surface area contributed by atoms with E-state index < -0.39 is 5.60 Å². The van der Waals surface area contributed by atoms with E-state index in [0.29, 0.717) is 22.5 Å². The number of hydrogen-bond acceptors (Lipinski definition) is 8. The molecule has 0 aliphatic carbocycles. The van der Waals surface area contributed by atoms with Crippen molar-refractivity contribution in [3.63, 3.8) is 0 Å². The summed E-state index contributed by atoms with van der Waals surface area (Å²) in [6.45, 7) is 5.59. The molecule has 2 rings (SSSR count). The van der Waals surface area contributed by atoms with Gasteiger partial charge in [-0.3, -0.25) is 4.79 Å². The van der Waals surface area contributed by atoms with Gasteiger partial charge in [-0.1, -0.05) is 17.8 Å². The van der Waals surface area contributed by atoms with E-state index in [1.807, 2.05) is 32.9 Å². The summed E-state index contributed by atoms with van der Waals surface area (Å²) in [5, 5.41) is 8.37. The number of ether oxygens (including phenoxy) is 3. The summed E-state index contributed by atoms with van der Waals surface area (Å²) in [5.41, 5.74) is -0.524. The molecule has 0 saturated carbocycles. The van der Waals surface area contributed by atoms with Crippen molar-refractivity contribution in [2.75, 3.05) is 18.7 Å². The van der Waals surface area contributed by atoms with Gasteiger partial charge in [0.15, 0.2) is 5.82 Å². The molecule has 1 aromatic carbocycles. The Hall–Kier alpha value is -2.42. The average Bonchev–Trinajstić information content (AvgIpc) is 2.90. The van der Waals surface area contributed by atoms with Crippen LogP contribution in [0.4, 0.5) is 0 Å². The fourth-order valence-electron chi connectivity index (χ4n) is 1.84. The zero-order chi connectivity index (χ0) is 18.4. The van der Waals surface area contributed by atoms with E-state index >= 15 is 0 Å². The van der Waals surface area contributed by atoms with Crippen molar-refractivity contribution in [1.82, 2.24) is 14.9 Å². The fourth-order valence-corrected chi connectivity index (χ4v) is 2.49. The van der Waals surface area contributed by atoms with Gasteiger partial charge in [0, 0.05) is 6.07 Å². The molecule has 0 saturated heterocycles. The second-order valence-corrected chi connectivity index (χ2v) is 7.05. The predicted molar refractivity (Wildman–Crippen MR) is 94.1 cm³/mol. The number of carbonyl (C=O) groups is 1. The number of hydrogen-bond donors (Lipinski definition) is 1. The van der Waals surface area contributed by atoms with Crippen molar-refractivity contribution in [3.05, 3.63) is 30.1 Å². The first-order valence-corrected chi connectivity index (χ1v) is 8.58. The summed E-state index contributed by atoms with van der Waals surface area (Å²) < 4.78 is 17.3. The van der Waals surface area contributed by atoms with Crippen molar-refractivity contribution >= 4 is 17.7 Å². The molecule has 0 bridgehead atoms. The highest BCUT2D eigenvalue weighted by molar-refractivity contribution is 7.99. The lowest BCUT2D eigenvalue weighted by atomic mass is 10.2. The molecule has 0 aliphatic heterocycles. The van der Waals surface area contributed by atoms with Crippen LogP contribution in [0, 0.1) is 0 Å². The number of nitrogen functional groups attached to an aromatic ring is 1. The predicted octanol–water partition coefficient (Wildman–Crippen LogP) is 2.01. The molecule has 0 spiro atoms. The average molecular weight is 366 g/mol. The van der Waals surface area contributed by atoms with Crippen molar-refractivity contribution in [1.29, 1.82) is 0 Å². The Kier molecular flexibility index (Phi) is 6.13. The van der Waals surface area contributed by atoms with Crippen LogP contribution in [0.3, 0.4) is 0 Å². The molecule has 2 aromatic rings. The molecule has 0 aliphatic rings. The maximum absolute atomic E-state index is 11.7. The largest absolute Gasteiger partial charge is 0.497 e. The molecule has 9 heteroatoms. The van der Waals surface area contributed by atoms with Gasteiger partial charge in [-0.05, 0) is 32.9 Å². The first-order valence-electron chi connectivity index (χ1n) is 7.59. The van der Waals surface area contributed by atoms with Crippen LogP contribution >= 0.6 is 11.8 Å². The highest BCUT2D eigenvalue weighted by atomic mass is 32.2. The molecular weight excluding hydrogens is 344 g/mol. The molecule has 0 radical (unpaired) electrons. The van der Waals surface area contributed by atoms with Crippen LogP contribution in [0.25, 0.3) is 0 Å². The summed E-state index contributed by atoms with van der Waals surface area (Å²) in [7, 11) is 1.59. The Morgan fingerprint density at radius 1 is 1.28 bits per heavy atom. The Morgan fingerprint density at radius 2 is 2.00 bits per heavy atom. The van der Waals surface area contributed by atoms with Crippen LogP contribution in [-0.4, -0.2) is 39.3 Å². The van der Waals surface area contributed by atoms with Gasteiger partial charge >= 0.3 is 5.97 Å². The number of methoxy groups -OCH3 is 1. The van der Waals surface area contributed by atoms with Crippen molar-refractivity contribution < 1.29 is 19.0 Å². The first kappa shape index (κ1) is 18.9. The zero-order valence-corrected chi connectivity index (χ0v) is 15.5. The third-order valence-corrected chi connectivity index (χ3v) is 3.80. The minimum Gasteiger partial charge on any atom is -0.497 e. The second kappa shape index (κ2) is 8.11. The summed E-state index contributed by atoms with van der Waals surface area (Å²) in [6, 6.07) is 7.21. The molecule has 0 unspecified atom stereocenters. The Bertz CT molecular complexity index is 727. The Balaban J connectivity index is 1.90. The van der Waals surface area contributed by atoms with Crippen LogP contribution in [-0.2, 0) is 16.1 Å². The smallest absolute Gasteiger partial charge is 0.316 e. The topological polar surface area (TPSA) is 101 Å². The minimum atomic E-state index is -0.524. The standard InChI is InChI=1S/C16H22N4O4S/c1-16(2,3)24-14(21)10-25-15-19-18-13(20(15)17)9-23-12-7-5-6-11(8-12)22-4/h5-8H,9-10,17H2,1-4H3. The van der Waals surface area contributed by atoms with E-state index in [2.05, 4.69) is 10.2 Å². The van der Waals surface area contributed by atoms with Gasteiger partial charge in [0.25, 0.3) is 0 Å². The molecule has 0 amide bonds. The highest BCUT2D eigenvalue weighted by Gasteiger charge is 2.18. The number of rotatable bonds is 7. The van der Waals surface area contributed by atoms with Crippen molar-refractivity contribution in [2.24, 2.45) is 0 Å². The van der Waals surface area contributed by atoms with Crippen LogP contribution in [0.5, 0.6) is 11.5 Å². The first-order chi connectivity index (χ1) is 11.8. The van der Waals surface area contributed by atoms with E-state index in [-0.39, 0.29) is 18.3 Å². The number of thioether (sulfide) groups is 1. The van der Waals surface area contributed by atoms with Gasteiger partial charge in [-0.15, -0.1) is 10.2 Å². The number of aromatic nitrogens is 3. The van der Waals surface area contributed by atoms with Crippen LogP contribution in [0.1, 0.15) is 26.6 Å². The minimum absolute atomic E-state index is 0.101. The Morgan fingerprint density at radius 3 is 2.68 bits per heavy atom. The quantitative estimate of drug-likeness (QED) is 0.451. The van der Waals surface area contributed by atoms with Gasteiger partial charge in [-0.25, -0.2) is 4.68 Å². The third kappa shape index (κ3) is 5.86. The number of benzene rings is 1. The molecule has 25 heavy (non-hydrogen) atoms. The van der Waals surface area contributed by atoms with Crippen LogP contribution in [0.2, 0.25) is 0 Å². The molecule has 1 heterocycles. The van der Waals surface area contributed by atoms with Gasteiger partial charge in [0.2, 0.25) is 5.16 Å². The third-order valence-electron chi connectivity index (χ3n) is 2.88. The molecule has 0 fully saturated rings. The lowest BCUT2D eigenvalue weighted by molar-refractivity contribution is -0.151. The highest BCUT2D eigenvalue weighted by Crippen LogP contribution is 2.21. The second-order valence-electron chi connectivity index (χ2n) is 6.11. The number of nitrogens with two attached hydrogens (primary N) is 1. The van der Waals surface area contributed by atoms with Crippen molar-refractivity contribution in [3.8, 4) is 11.5 Å². The summed E-state index contributed by atoms with van der Waals surface area (Å²) in [5.74, 6) is 7.48. The molecule has 136 valence electrons.